The van der Waals surface area contributed by atoms with Crippen molar-refractivity contribution in [3.05, 3.63) is 46.2 Å². The average molecular weight is 345 g/mol. The molecule has 0 bridgehead atoms. The van der Waals surface area contributed by atoms with Crippen LogP contribution in [0, 0.1) is 5.92 Å². The van der Waals surface area contributed by atoms with Crippen molar-refractivity contribution in [3.63, 3.8) is 0 Å². The smallest absolute Gasteiger partial charge is 0.255 e. The molecule has 5 nitrogen and oxygen atoms in total. The quantitative estimate of drug-likeness (QED) is 0.894. The van der Waals surface area contributed by atoms with Crippen LogP contribution in [0.25, 0.3) is 0 Å². The molecule has 1 aromatic carbocycles. The topological polar surface area (TPSA) is 67.8 Å². The molecule has 4 rings (SSSR count). The van der Waals surface area contributed by atoms with Crippen LogP contribution in [0.2, 0.25) is 0 Å². The number of nitrogens with one attached hydrogen (secondary N) is 1. The summed E-state index contributed by atoms with van der Waals surface area (Å²) in [4.78, 5) is 14.0. The lowest BCUT2D eigenvalue weighted by Crippen LogP contribution is -2.41. The number of hydrogen-bond acceptors (Lipinski definition) is 5. The molecule has 0 spiro atoms. The van der Waals surface area contributed by atoms with Crippen molar-refractivity contribution in [2.24, 2.45) is 5.92 Å². The lowest BCUT2D eigenvalue weighted by molar-refractivity contribution is 0.0240. The summed E-state index contributed by atoms with van der Waals surface area (Å²) in [6.45, 7) is 0.941. The van der Waals surface area contributed by atoms with Crippen LogP contribution in [0.1, 0.15) is 34.1 Å². The van der Waals surface area contributed by atoms with Gasteiger partial charge in [0.15, 0.2) is 11.5 Å². The summed E-state index contributed by atoms with van der Waals surface area (Å²) in [5.41, 5.74) is 0.494. The van der Waals surface area contributed by atoms with E-state index in [0.717, 1.165) is 17.7 Å². The molecule has 1 aromatic heterocycles. The summed E-state index contributed by atoms with van der Waals surface area (Å²) in [6.07, 6.45) is 1.18. The maximum absolute atomic E-state index is 12.8. The number of ether oxygens (including phenoxy) is 2. The normalized spacial score (nSPS) is 23.2. The Bertz CT molecular complexity index is 725. The fourth-order valence-electron chi connectivity index (χ4n) is 3.26. The van der Waals surface area contributed by atoms with Gasteiger partial charge in [-0.25, -0.2) is 0 Å². The fourth-order valence-corrected chi connectivity index (χ4v) is 4.13. The molecule has 1 aliphatic carbocycles. The van der Waals surface area contributed by atoms with E-state index in [1.807, 2.05) is 23.6 Å². The molecule has 126 valence electrons. The summed E-state index contributed by atoms with van der Waals surface area (Å²) in [5, 5.41) is 14.8. The number of hydrogen-bond donors (Lipinski definition) is 2. The number of aliphatic hydroxyl groups excluding tert-OH is 1. The number of fused-ring (bicyclic) bond motifs is 1. The number of rotatable bonds is 4. The van der Waals surface area contributed by atoms with Crippen molar-refractivity contribution >= 4 is 17.2 Å². The van der Waals surface area contributed by atoms with Crippen LogP contribution in [0.15, 0.2) is 35.7 Å². The van der Waals surface area contributed by atoms with Gasteiger partial charge in [-0.15, -0.1) is 11.3 Å². The van der Waals surface area contributed by atoms with Gasteiger partial charge in [-0.1, -0.05) is 12.1 Å². The zero-order valence-corrected chi connectivity index (χ0v) is 13.9. The molecule has 0 saturated heterocycles. The van der Waals surface area contributed by atoms with E-state index in [4.69, 9.17) is 9.47 Å². The molecule has 24 heavy (non-hydrogen) atoms. The number of para-hydroxylation sites is 1. The Hall–Kier alpha value is -2.05. The highest BCUT2D eigenvalue weighted by Gasteiger charge is 2.36. The summed E-state index contributed by atoms with van der Waals surface area (Å²) in [5.74, 6) is 1.22. The first-order valence-corrected chi connectivity index (χ1v) is 9.01. The van der Waals surface area contributed by atoms with Gasteiger partial charge in [-0.3, -0.25) is 4.79 Å². The van der Waals surface area contributed by atoms with Gasteiger partial charge in [0, 0.05) is 4.88 Å². The first-order chi connectivity index (χ1) is 11.7. The lowest BCUT2D eigenvalue weighted by atomic mass is 9.76. The van der Waals surface area contributed by atoms with E-state index in [1.165, 1.54) is 0 Å². The standard InChI is InChI=1S/C18H19NO4S/c20-12-9-11(10-12)16(15-5-2-8-24-15)19-18(21)13-3-1-4-14-17(13)23-7-6-22-14/h1-5,8,11-12,16,20H,6-7,9-10H2,(H,19,21). The summed E-state index contributed by atoms with van der Waals surface area (Å²) < 4.78 is 11.2. The maximum atomic E-state index is 12.8. The van der Waals surface area contributed by atoms with Gasteiger partial charge in [0.25, 0.3) is 5.91 Å². The lowest BCUT2D eigenvalue weighted by Gasteiger charge is -2.37. The second kappa shape index (κ2) is 6.45. The van der Waals surface area contributed by atoms with Crippen molar-refractivity contribution in [1.29, 1.82) is 0 Å². The molecule has 1 unspecified atom stereocenters. The Labute approximate surface area is 144 Å². The van der Waals surface area contributed by atoms with E-state index in [2.05, 4.69) is 5.32 Å². The molecular formula is C18H19NO4S. The predicted molar refractivity (Wildman–Crippen MR) is 90.7 cm³/mol. The van der Waals surface area contributed by atoms with E-state index in [9.17, 15) is 9.90 Å². The molecule has 1 amide bonds. The number of thiophene rings is 1. The van der Waals surface area contributed by atoms with Crippen LogP contribution in [0.3, 0.4) is 0 Å². The van der Waals surface area contributed by atoms with E-state index in [-0.39, 0.29) is 24.0 Å². The summed E-state index contributed by atoms with van der Waals surface area (Å²) in [6, 6.07) is 9.29. The Morgan fingerprint density at radius 2 is 2.04 bits per heavy atom. The van der Waals surface area contributed by atoms with Gasteiger partial charge in [-0.05, 0) is 42.3 Å². The second-order valence-electron chi connectivity index (χ2n) is 6.18. The van der Waals surface area contributed by atoms with Crippen LogP contribution in [0.4, 0.5) is 0 Å². The highest BCUT2D eigenvalue weighted by molar-refractivity contribution is 7.10. The third-order valence-corrected chi connectivity index (χ3v) is 5.52. The van der Waals surface area contributed by atoms with Gasteiger partial charge in [0.1, 0.15) is 13.2 Å². The zero-order chi connectivity index (χ0) is 16.5. The van der Waals surface area contributed by atoms with Gasteiger partial charge >= 0.3 is 0 Å². The molecule has 1 atom stereocenters. The molecular weight excluding hydrogens is 326 g/mol. The van der Waals surface area contributed by atoms with E-state index in [1.54, 1.807) is 23.5 Å². The number of amides is 1. The Kier molecular flexibility index (Phi) is 4.16. The molecule has 0 radical (unpaired) electrons. The number of carbonyl (C=O) groups excluding carboxylic acids is 1. The Morgan fingerprint density at radius 3 is 2.79 bits per heavy atom. The Morgan fingerprint density at radius 1 is 1.21 bits per heavy atom. The van der Waals surface area contributed by atoms with Crippen LogP contribution in [-0.2, 0) is 0 Å². The third kappa shape index (κ3) is 2.87. The number of benzene rings is 1. The van der Waals surface area contributed by atoms with Gasteiger partial charge in [0.05, 0.1) is 17.7 Å². The molecule has 1 saturated carbocycles. The largest absolute Gasteiger partial charge is 0.486 e. The van der Waals surface area contributed by atoms with Gasteiger partial charge < -0.3 is 19.9 Å². The third-order valence-electron chi connectivity index (χ3n) is 4.57. The zero-order valence-electron chi connectivity index (χ0n) is 13.1. The predicted octanol–water partition coefficient (Wildman–Crippen LogP) is 2.76. The van der Waals surface area contributed by atoms with Crippen molar-refractivity contribution in [1.82, 2.24) is 5.32 Å². The monoisotopic (exact) mass is 345 g/mol. The number of carbonyl (C=O) groups is 1. The minimum Gasteiger partial charge on any atom is -0.486 e. The maximum Gasteiger partial charge on any atom is 0.255 e. The highest BCUT2D eigenvalue weighted by Crippen LogP contribution is 2.40. The molecule has 2 aromatic rings. The van der Waals surface area contributed by atoms with Crippen LogP contribution < -0.4 is 14.8 Å². The minimum absolute atomic E-state index is 0.0822. The first kappa shape index (κ1) is 15.5. The van der Waals surface area contributed by atoms with Crippen molar-refractivity contribution in [2.75, 3.05) is 13.2 Å². The second-order valence-corrected chi connectivity index (χ2v) is 7.16. The Balaban J connectivity index is 1.58. The van der Waals surface area contributed by atoms with Crippen LogP contribution >= 0.6 is 11.3 Å². The molecule has 2 heterocycles. The van der Waals surface area contributed by atoms with Gasteiger partial charge in [-0.2, -0.15) is 0 Å². The van der Waals surface area contributed by atoms with Crippen molar-refractivity contribution < 1.29 is 19.4 Å². The van der Waals surface area contributed by atoms with Crippen LogP contribution in [0.5, 0.6) is 11.5 Å². The van der Waals surface area contributed by atoms with E-state index >= 15 is 0 Å². The fraction of sp³-hybridized carbons (Fsp3) is 0.389. The molecule has 2 N–H and O–H groups in total. The van der Waals surface area contributed by atoms with E-state index in [0.29, 0.717) is 30.3 Å². The summed E-state index contributed by atoms with van der Waals surface area (Å²) in [7, 11) is 0. The van der Waals surface area contributed by atoms with Gasteiger partial charge in [0.2, 0.25) is 0 Å². The number of aliphatic hydroxyl groups is 1. The molecule has 2 aliphatic rings. The molecule has 1 aliphatic heterocycles. The first-order valence-electron chi connectivity index (χ1n) is 8.13. The highest BCUT2D eigenvalue weighted by atomic mass is 32.1. The van der Waals surface area contributed by atoms with Crippen molar-refractivity contribution in [3.8, 4) is 11.5 Å². The minimum atomic E-state index is -0.254. The average Bonchev–Trinajstić information content (AvgIpc) is 3.11. The SMILES string of the molecule is O=C(NC(c1cccs1)C1CC(O)C1)c1cccc2c1OCCO2. The molecule has 1 fully saturated rings. The summed E-state index contributed by atoms with van der Waals surface area (Å²) >= 11 is 1.62. The van der Waals surface area contributed by atoms with Crippen molar-refractivity contribution in [2.45, 2.75) is 25.0 Å². The van der Waals surface area contributed by atoms with E-state index < -0.39 is 0 Å². The van der Waals surface area contributed by atoms with Crippen LogP contribution in [-0.4, -0.2) is 30.3 Å². The molecule has 6 heteroatoms.